The molecular weight excluding hydrogens is 260 g/mol. The van der Waals surface area contributed by atoms with Gasteiger partial charge in [0.2, 0.25) is 0 Å². The first kappa shape index (κ1) is 13.5. The molecule has 4 heteroatoms. The van der Waals surface area contributed by atoms with Crippen molar-refractivity contribution in [1.29, 1.82) is 0 Å². The molecule has 0 unspecified atom stereocenters. The third-order valence-electron chi connectivity index (χ3n) is 3.51. The summed E-state index contributed by atoms with van der Waals surface area (Å²) < 4.78 is 0. The van der Waals surface area contributed by atoms with Crippen LogP contribution in [0.25, 0.3) is 22.0 Å². The average molecular weight is 278 g/mol. The Bertz CT molecular complexity index is 768. The van der Waals surface area contributed by atoms with E-state index in [0.29, 0.717) is 0 Å². The lowest BCUT2D eigenvalue weighted by Crippen LogP contribution is -2.05. The normalized spacial score (nSPS) is 10.8. The zero-order chi connectivity index (χ0) is 14.7. The smallest absolute Gasteiger partial charge is 0.156 e. The number of nitrogens with zero attached hydrogens (tertiary/aromatic N) is 3. The SMILES string of the molecule is CCCNc1nnc(-c2ccncc2C)c2ccccc12. The van der Waals surface area contributed by atoms with Crippen LogP contribution in [-0.4, -0.2) is 21.7 Å². The van der Waals surface area contributed by atoms with Crippen molar-refractivity contribution in [2.24, 2.45) is 0 Å². The summed E-state index contributed by atoms with van der Waals surface area (Å²) in [5.74, 6) is 0.850. The second kappa shape index (κ2) is 5.87. The van der Waals surface area contributed by atoms with E-state index in [1.54, 1.807) is 6.20 Å². The summed E-state index contributed by atoms with van der Waals surface area (Å²) in [5.41, 5.74) is 3.09. The van der Waals surface area contributed by atoms with Gasteiger partial charge in [-0.1, -0.05) is 31.2 Å². The number of benzene rings is 1. The monoisotopic (exact) mass is 278 g/mol. The largest absolute Gasteiger partial charge is 0.368 e. The highest BCUT2D eigenvalue weighted by molar-refractivity contribution is 6.00. The third-order valence-corrected chi connectivity index (χ3v) is 3.51. The predicted molar refractivity (Wildman–Crippen MR) is 86.3 cm³/mol. The highest BCUT2D eigenvalue weighted by atomic mass is 15.2. The molecule has 0 spiro atoms. The van der Waals surface area contributed by atoms with Crippen molar-refractivity contribution < 1.29 is 0 Å². The van der Waals surface area contributed by atoms with Gasteiger partial charge in [-0.05, 0) is 25.0 Å². The Morgan fingerprint density at radius 3 is 2.62 bits per heavy atom. The van der Waals surface area contributed by atoms with Crippen LogP contribution >= 0.6 is 0 Å². The number of fused-ring (bicyclic) bond motifs is 1. The fourth-order valence-corrected chi connectivity index (χ4v) is 2.42. The maximum atomic E-state index is 4.45. The third kappa shape index (κ3) is 2.57. The van der Waals surface area contributed by atoms with E-state index >= 15 is 0 Å². The van der Waals surface area contributed by atoms with Crippen molar-refractivity contribution in [2.45, 2.75) is 20.3 Å². The molecule has 0 saturated carbocycles. The summed E-state index contributed by atoms with van der Waals surface area (Å²) in [4.78, 5) is 4.15. The molecule has 1 aromatic carbocycles. The molecule has 21 heavy (non-hydrogen) atoms. The molecule has 1 N–H and O–H groups in total. The van der Waals surface area contributed by atoms with Gasteiger partial charge in [0.1, 0.15) is 5.69 Å². The van der Waals surface area contributed by atoms with Gasteiger partial charge in [-0.25, -0.2) is 0 Å². The number of anilines is 1. The Kier molecular flexibility index (Phi) is 3.77. The van der Waals surface area contributed by atoms with Gasteiger partial charge in [0.05, 0.1) is 0 Å². The lowest BCUT2D eigenvalue weighted by Gasteiger charge is -2.11. The summed E-state index contributed by atoms with van der Waals surface area (Å²) in [6, 6.07) is 10.2. The summed E-state index contributed by atoms with van der Waals surface area (Å²) >= 11 is 0. The van der Waals surface area contributed by atoms with Gasteiger partial charge >= 0.3 is 0 Å². The highest BCUT2D eigenvalue weighted by Crippen LogP contribution is 2.30. The van der Waals surface area contributed by atoms with Crippen molar-refractivity contribution in [3.8, 4) is 11.3 Å². The van der Waals surface area contributed by atoms with Crippen molar-refractivity contribution in [1.82, 2.24) is 15.2 Å². The average Bonchev–Trinajstić information content (AvgIpc) is 2.53. The van der Waals surface area contributed by atoms with Crippen molar-refractivity contribution in [2.75, 3.05) is 11.9 Å². The molecule has 2 aromatic heterocycles. The zero-order valence-electron chi connectivity index (χ0n) is 12.3. The molecule has 0 radical (unpaired) electrons. The van der Waals surface area contributed by atoms with Crippen LogP contribution in [0.5, 0.6) is 0 Å². The van der Waals surface area contributed by atoms with Crippen LogP contribution in [-0.2, 0) is 0 Å². The fraction of sp³-hybridized carbons (Fsp3) is 0.235. The summed E-state index contributed by atoms with van der Waals surface area (Å²) in [7, 11) is 0. The van der Waals surface area contributed by atoms with E-state index in [1.165, 1.54) is 0 Å². The van der Waals surface area contributed by atoms with Crippen LogP contribution < -0.4 is 5.32 Å². The quantitative estimate of drug-likeness (QED) is 0.788. The summed E-state index contributed by atoms with van der Waals surface area (Å²) in [6.45, 7) is 5.08. The molecule has 3 rings (SSSR count). The van der Waals surface area contributed by atoms with Crippen LogP contribution in [0.3, 0.4) is 0 Å². The summed E-state index contributed by atoms with van der Waals surface area (Å²) in [5, 5.41) is 14.4. The van der Waals surface area contributed by atoms with Crippen LogP contribution in [0, 0.1) is 6.92 Å². The highest BCUT2D eigenvalue weighted by Gasteiger charge is 2.11. The Morgan fingerprint density at radius 1 is 1.05 bits per heavy atom. The predicted octanol–water partition coefficient (Wildman–Crippen LogP) is 3.82. The number of rotatable bonds is 4. The minimum Gasteiger partial charge on any atom is -0.368 e. The number of nitrogens with one attached hydrogen (secondary N) is 1. The van der Waals surface area contributed by atoms with E-state index in [4.69, 9.17) is 0 Å². The van der Waals surface area contributed by atoms with Gasteiger partial charge < -0.3 is 5.32 Å². The number of pyridine rings is 1. The molecule has 0 aliphatic carbocycles. The van der Waals surface area contributed by atoms with E-state index < -0.39 is 0 Å². The lowest BCUT2D eigenvalue weighted by atomic mass is 10.0. The van der Waals surface area contributed by atoms with Gasteiger partial charge in [-0.2, -0.15) is 0 Å². The standard InChI is InChI=1S/C17H18N4/c1-3-9-19-17-15-7-5-4-6-14(15)16(20-21-17)13-8-10-18-11-12(13)2/h4-8,10-11H,3,9H2,1-2H3,(H,19,21). The van der Waals surface area contributed by atoms with Crippen LogP contribution in [0.2, 0.25) is 0 Å². The van der Waals surface area contributed by atoms with Gasteiger partial charge in [0.15, 0.2) is 5.82 Å². The van der Waals surface area contributed by atoms with Crippen molar-refractivity contribution >= 4 is 16.6 Å². The molecule has 0 aliphatic heterocycles. The van der Waals surface area contributed by atoms with E-state index in [2.05, 4.69) is 39.6 Å². The number of hydrogen-bond acceptors (Lipinski definition) is 4. The van der Waals surface area contributed by atoms with E-state index in [1.807, 2.05) is 31.3 Å². The first-order valence-electron chi connectivity index (χ1n) is 7.21. The molecule has 0 amide bonds. The lowest BCUT2D eigenvalue weighted by molar-refractivity contribution is 0.952. The molecule has 0 fully saturated rings. The molecule has 0 bridgehead atoms. The first-order valence-corrected chi connectivity index (χ1v) is 7.21. The number of aromatic nitrogens is 3. The van der Waals surface area contributed by atoms with Crippen LogP contribution in [0.1, 0.15) is 18.9 Å². The van der Waals surface area contributed by atoms with E-state index in [9.17, 15) is 0 Å². The van der Waals surface area contributed by atoms with Crippen molar-refractivity contribution in [3.05, 3.63) is 48.3 Å². The molecule has 4 nitrogen and oxygen atoms in total. The molecule has 2 heterocycles. The minimum atomic E-state index is 0.850. The Labute approximate surface area is 124 Å². The molecule has 3 aromatic rings. The van der Waals surface area contributed by atoms with Gasteiger partial charge in [0, 0.05) is 35.3 Å². The van der Waals surface area contributed by atoms with Crippen LogP contribution in [0.15, 0.2) is 42.7 Å². The second-order valence-corrected chi connectivity index (χ2v) is 5.06. The number of hydrogen-bond donors (Lipinski definition) is 1. The molecule has 0 saturated heterocycles. The van der Waals surface area contributed by atoms with Crippen molar-refractivity contribution in [3.63, 3.8) is 0 Å². The molecule has 0 atom stereocenters. The maximum Gasteiger partial charge on any atom is 0.156 e. The molecule has 0 aliphatic rings. The first-order chi connectivity index (χ1) is 10.3. The van der Waals surface area contributed by atoms with Crippen LogP contribution in [0.4, 0.5) is 5.82 Å². The van der Waals surface area contributed by atoms with Gasteiger partial charge in [-0.15, -0.1) is 10.2 Å². The Balaban J connectivity index is 2.20. The Hall–Kier alpha value is -2.49. The molecule has 106 valence electrons. The summed E-state index contributed by atoms with van der Waals surface area (Å²) in [6.07, 6.45) is 4.71. The minimum absolute atomic E-state index is 0.850. The fourth-order valence-electron chi connectivity index (χ4n) is 2.42. The second-order valence-electron chi connectivity index (χ2n) is 5.06. The zero-order valence-corrected chi connectivity index (χ0v) is 12.3. The Morgan fingerprint density at radius 2 is 1.86 bits per heavy atom. The van der Waals surface area contributed by atoms with E-state index in [0.717, 1.165) is 46.4 Å². The number of aryl methyl sites for hydroxylation is 1. The van der Waals surface area contributed by atoms with Gasteiger partial charge in [0.25, 0.3) is 0 Å². The van der Waals surface area contributed by atoms with E-state index in [-0.39, 0.29) is 0 Å². The van der Waals surface area contributed by atoms with Gasteiger partial charge in [-0.3, -0.25) is 4.98 Å². The molecular formula is C17H18N4. The topological polar surface area (TPSA) is 50.7 Å². The maximum absolute atomic E-state index is 4.45.